The Balaban J connectivity index is 2.45. The first-order valence-electron chi connectivity index (χ1n) is 6.83. The average Bonchev–Trinajstić information content (AvgIpc) is 2.98. The van der Waals surface area contributed by atoms with E-state index in [-0.39, 0.29) is 17.4 Å². The summed E-state index contributed by atoms with van der Waals surface area (Å²) in [5.41, 5.74) is 5.74. The van der Waals surface area contributed by atoms with Gasteiger partial charge in [0.2, 0.25) is 5.91 Å². The fourth-order valence-electron chi connectivity index (χ4n) is 1.66. The number of thiophene rings is 1. The van der Waals surface area contributed by atoms with Crippen molar-refractivity contribution >= 4 is 23.2 Å². The largest absolute Gasteiger partial charge is 0.352 e. The summed E-state index contributed by atoms with van der Waals surface area (Å²) in [6.45, 7) is 6.07. The molecule has 4 N–H and O–H groups in total. The van der Waals surface area contributed by atoms with Crippen molar-refractivity contribution in [1.82, 2.24) is 10.6 Å². The van der Waals surface area contributed by atoms with Crippen molar-refractivity contribution in [3.05, 3.63) is 22.4 Å². The van der Waals surface area contributed by atoms with Crippen molar-refractivity contribution in [3.63, 3.8) is 0 Å². The highest BCUT2D eigenvalue weighted by Gasteiger charge is 2.23. The molecule has 0 aliphatic rings. The molecule has 6 heteroatoms. The third-order valence-electron chi connectivity index (χ3n) is 3.51. The zero-order valence-electron chi connectivity index (χ0n) is 12.2. The van der Waals surface area contributed by atoms with Gasteiger partial charge in [0.1, 0.15) is 6.04 Å². The highest BCUT2D eigenvalue weighted by Crippen LogP contribution is 2.10. The van der Waals surface area contributed by atoms with E-state index >= 15 is 0 Å². The molecule has 1 aromatic heterocycles. The van der Waals surface area contributed by atoms with E-state index in [1.165, 1.54) is 11.3 Å². The van der Waals surface area contributed by atoms with Crippen LogP contribution in [0.25, 0.3) is 0 Å². The van der Waals surface area contributed by atoms with Crippen LogP contribution in [-0.2, 0) is 4.79 Å². The maximum Gasteiger partial charge on any atom is 0.261 e. The molecular formula is C14H23N3O2S. The zero-order valence-corrected chi connectivity index (χ0v) is 13.0. The third kappa shape index (κ3) is 4.61. The van der Waals surface area contributed by atoms with Gasteiger partial charge in [-0.15, -0.1) is 11.3 Å². The maximum absolute atomic E-state index is 11.9. The first-order chi connectivity index (χ1) is 9.41. The Labute approximate surface area is 123 Å². The number of hydrogen-bond donors (Lipinski definition) is 3. The van der Waals surface area contributed by atoms with Crippen molar-refractivity contribution in [2.75, 3.05) is 6.54 Å². The Morgan fingerprint density at radius 2 is 2.05 bits per heavy atom. The molecule has 1 atom stereocenters. The molecule has 1 rings (SSSR count). The lowest BCUT2D eigenvalue weighted by Crippen LogP contribution is -2.53. The van der Waals surface area contributed by atoms with Gasteiger partial charge in [0.25, 0.3) is 5.91 Å². The third-order valence-corrected chi connectivity index (χ3v) is 4.38. The fourth-order valence-corrected chi connectivity index (χ4v) is 2.28. The number of nitrogens with one attached hydrogen (secondary N) is 2. The first-order valence-corrected chi connectivity index (χ1v) is 7.70. The van der Waals surface area contributed by atoms with Crippen LogP contribution in [0.15, 0.2) is 17.5 Å². The van der Waals surface area contributed by atoms with Crippen LogP contribution >= 0.6 is 11.3 Å². The molecule has 0 saturated heterocycles. The molecule has 1 aromatic rings. The molecule has 112 valence electrons. The number of rotatable bonds is 7. The van der Waals surface area contributed by atoms with Gasteiger partial charge in [-0.1, -0.05) is 19.9 Å². The van der Waals surface area contributed by atoms with Gasteiger partial charge in [0, 0.05) is 12.1 Å². The second kappa shape index (κ2) is 7.40. The molecule has 0 aliphatic carbocycles. The van der Waals surface area contributed by atoms with Crippen molar-refractivity contribution in [2.45, 2.75) is 45.2 Å². The molecule has 5 nitrogen and oxygen atoms in total. The summed E-state index contributed by atoms with van der Waals surface area (Å²) in [7, 11) is 0. The number of nitrogens with two attached hydrogens (primary N) is 1. The van der Waals surface area contributed by atoms with E-state index in [9.17, 15) is 9.59 Å². The summed E-state index contributed by atoms with van der Waals surface area (Å²) >= 11 is 1.35. The quantitative estimate of drug-likeness (QED) is 0.713. The van der Waals surface area contributed by atoms with E-state index in [4.69, 9.17) is 5.73 Å². The lowest BCUT2D eigenvalue weighted by atomic mass is 9.94. The summed E-state index contributed by atoms with van der Waals surface area (Å²) in [5, 5.41) is 7.30. The lowest BCUT2D eigenvalue weighted by Gasteiger charge is -2.27. The van der Waals surface area contributed by atoms with E-state index in [1.54, 1.807) is 19.1 Å². The molecule has 1 heterocycles. The average molecular weight is 297 g/mol. The Morgan fingerprint density at radius 1 is 1.40 bits per heavy atom. The van der Waals surface area contributed by atoms with Crippen molar-refractivity contribution in [3.8, 4) is 0 Å². The molecule has 0 bridgehead atoms. The van der Waals surface area contributed by atoms with Crippen LogP contribution in [0, 0.1) is 0 Å². The molecule has 20 heavy (non-hydrogen) atoms. The SMILES string of the molecule is CCC(N)(CC)CNC(=O)C(C)NC(=O)c1cccs1. The maximum atomic E-state index is 11.9. The van der Waals surface area contributed by atoms with Crippen LogP contribution in [-0.4, -0.2) is 29.9 Å². The fraction of sp³-hybridized carbons (Fsp3) is 0.571. The minimum atomic E-state index is -0.581. The van der Waals surface area contributed by atoms with E-state index in [0.717, 1.165) is 12.8 Å². The highest BCUT2D eigenvalue weighted by molar-refractivity contribution is 7.12. The number of carbonyl (C=O) groups excluding carboxylic acids is 2. The van der Waals surface area contributed by atoms with Gasteiger partial charge in [-0.05, 0) is 31.2 Å². The molecule has 2 amide bonds. The number of amides is 2. The number of carbonyl (C=O) groups is 2. The predicted molar refractivity (Wildman–Crippen MR) is 81.8 cm³/mol. The summed E-state index contributed by atoms with van der Waals surface area (Å²) in [4.78, 5) is 24.4. The molecule has 0 spiro atoms. The molecule has 1 unspecified atom stereocenters. The summed E-state index contributed by atoms with van der Waals surface area (Å²) < 4.78 is 0. The summed E-state index contributed by atoms with van der Waals surface area (Å²) in [6.07, 6.45) is 1.58. The van der Waals surface area contributed by atoms with Gasteiger partial charge in [-0.3, -0.25) is 9.59 Å². The van der Waals surface area contributed by atoms with E-state index < -0.39 is 6.04 Å². The molecule has 0 fully saturated rings. The van der Waals surface area contributed by atoms with Gasteiger partial charge in [0.05, 0.1) is 4.88 Å². The second-order valence-electron chi connectivity index (χ2n) is 4.96. The van der Waals surface area contributed by atoms with Crippen LogP contribution < -0.4 is 16.4 Å². The van der Waals surface area contributed by atoms with Crippen molar-refractivity contribution in [1.29, 1.82) is 0 Å². The first kappa shape index (κ1) is 16.7. The summed E-state index contributed by atoms with van der Waals surface area (Å²) in [6, 6.07) is 2.95. The van der Waals surface area contributed by atoms with Crippen molar-refractivity contribution in [2.24, 2.45) is 5.73 Å². The van der Waals surface area contributed by atoms with Gasteiger partial charge in [-0.25, -0.2) is 0 Å². The molecule has 0 aliphatic heterocycles. The highest BCUT2D eigenvalue weighted by atomic mass is 32.1. The lowest BCUT2D eigenvalue weighted by molar-refractivity contribution is -0.122. The van der Waals surface area contributed by atoms with Gasteiger partial charge in [0.15, 0.2) is 0 Å². The van der Waals surface area contributed by atoms with Crippen LogP contribution in [0.1, 0.15) is 43.3 Å². The van der Waals surface area contributed by atoms with E-state index in [0.29, 0.717) is 11.4 Å². The predicted octanol–water partition coefficient (Wildman–Crippen LogP) is 1.50. The molecular weight excluding hydrogens is 274 g/mol. The van der Waals surface area contributed by atoms with Gasteiger partial charge < -0.3 is 16.4 Å². The van der Waals surface area contributed by atoms with Crippen LogP contribution in [0.2, 0.25) is 0 Å². The Morgan fingerprint density at radius 3 is 2.55 bits per heavy atom. The standard InChI is InChI=1S/C14H23N3O2S/c1-4-14(15,5-2)9-16-12(18)10(3)17-13(19)11-7-6-8-20-11/h6-8,10H,4-5,9,15H2,1-3H3,(H,16,18)(H,17,19). The molecule has 0 saturated carbocycles. The minimum absolute atomic E-state index is 0.216. The number of hydrogen-bond acceptors (Lipinski definition) is 4. The topological polar surface area (TPSA) is 84.2 Å². The monoisotopic (exact) mass is 297 g/mol. The van der Waals surface area contributed by atoms with Gasteiger partial charge in [-0.2, -0.15) is 0 Å². The van der Waals surface area contributed by atoms with Crippen LogP contribution in [0.4, 0.5) is 0 Å². The Kier molecular flexibility index (Phi) is 6.16. The van der Waals surface area contributed by atoms with Crippen LogP contribution in [0.5, 0.6) is 0 Å². The smallest absolute Gasteiger partial charge is 0.261 e. The summed E-state index contributed by atoms with van der Waals surface area (Å²) in [5.74, 6) is -0.445. The van der Waals surface area contributed by atoms with Crippen LogP contribution in [0.3, 0.4) is 0 Å². The second-order valence-corrected chi connectivity index (χ2v) is 5.91. The van der Waals surface area contributed by atoms with Crippen molar-refractivity contribution < 1.29 is 9.59 Å². The van der Waals surface area contributed by atoms with E-state index in [2.05, 4.69) is 10.6 Å². The van der Waals surface area contributed by atoms with Gasteiger partial charge >= 0.3 is 0 Å². The normalized spacial score (nSPS) is 12.8. The Bertz CT molecular complexity index is 441. The van der Waals surface area contributed by atoms with E-state index in [1.807, 2.05) is 19.2 Å². The molecule has 0 radical (unpaired) electrons. The Hall–Kier alpha value is -1.40. The zero-order chi connectivity index (χ0) is 15.2. The minimum Gasteiger partial charge on any atom is -0.352 e. The molecule has 0 aromatic carbocycles.